The lowest BCUT2D eigenvalue weighted by molar-refractivity contribution is 0.281. The van der Waals surface area contributed by atoms with Crippen LogP contribution in [0.1, 0.15) is 81.3 Å². The lowest BCUT2D eigenvalue weighted by Crippen LogP contribution is -2.26. The Kier molecular flexibility index (Phi) is 6.83. The van der Waals surface area contributed by atoms with Crippen molar-refractivity contribution in [1.82, 2.24) is 4.90 Å². The topological polar surface area (TPSA) is 3.24 Å². The molecular weight excluding hydrogens is 302 g/mol. The minimum Gasteiger partial charge on any atom is -0.303 e. The molecule has 1 saturated carbocycles. The van der Waals surface area contributed by atoms with Gasteiger partial charge in [-0.3, -0.25) is 0 Å². The van der Waals surface area contributed by atoms with Crippen molar-refractivity contribution in [1.29, 1.82) is 0 Å². The number of aryl methyl sites for hydroxylation is 1. The van der Waals surface area contributed by atoms with E-state index in [4.69, 9.17) is 11.6 Å². The van der Waals surface area contributed by atoms with Gasteiger partial charge in [-0.15, -0.1) is 0 Å². The van der Waals surface area contributed by atoms with Gasteiger partial charge in [0, 0.05) is 5.02 Å². The van der Waals surface area contributed by atoms with Crippen molar-refractivity contribution in [2.45, 2.75) is 76.5 Å². The highest BCUT2D eigenvalue weighted by atomic mass is 35.5. The molecule has 1 nitrogen and oxygen atoms in total. The standard InChI is InChI=1S/C21H32ClN/c22-21-17-18(9-8-16-23-14-6-1-2-7-15-23)12-13-20(21)19-10-4-3-5-11-19/h12-13,17,19H,1-11,14-16H2. The van der Waals surface area contributed by atoms with E-state index in [1.54, 1.807) is 0 Å². The summed E-state index contributed by atoms with van der Waals surface area (Å²) in [5.41, 5.74) is 2.83. The number of likely N-dealkylation sites (tertiary alicyclic amines) is 1. The molecule has 0 aromatic heterocycles. The van der Waals surface area contributed by atoms with Gasteiger partial charge in [-0.25, -0.2) is 0 Å². The van der Waals surface area contributed by atoms with Gasteiger partial charge < -0.3 is 4.90 Å². The lowest BCUT2D eigenvalue weighted by Gasteiger charge is -2.23. The van der Waals surface area contributed by atoms with E-state index in [0.717, 1.165) is 5.02 Å². The first kappa shape index (κ1) is 17.3. The highest BCUT2D eigenvalue weighted by Crippen LogP contribution is 2.36. The molecule has 2 aliphatic rings. The Hall–Kier alpha value is -0.530. The number of hydrogen-bond acceptors (Lipinski definition) is 1. The molecule has 1 aromatic carbocycles. The highest BCUT2D eigenvalue weighted by Gasteiger charge is 2.18. The number of halogens is 1. The maximum absolute atomic E-state index is 6.60. The van der Waals surface area contributed by atoms with Crippen LogP contribution in [0.5, 0.6) is 0 Å². The van der Waals surface area contributed by atoms with Gasteiger partial charge in [0.05, 0.1) is 0 Å². The second-order valence-corrected chi connectivity index (χ2v) is 7.96. The van der Waals surface area contributed by atoms with Crippen LogP contribution in [0.4, 0.5) is 0 Å². The fourth-order valence-corrected chi connectivity index (χ4v) is 4.69. The van der Waals surface area contributed by atoms with Crippen molar-refractivity contribution in [3.63, 3.8) is 0 Å². The molecule has 2 fully saturated rings. The Labute approximate surface area is 147 Å². The maximum atomic E-state index is 6.60. The molecule has 1 heterocycles. The molecule has 0 atom stereocenters. The third kappa shape index (κ3) is 5.22. The third-order valence-corrected chi connectivity index (χ3v) is 6.08. The molecule has 2 heteroatoms. The van der Waals surface area contributed by atoms with Crippen LogP contribution in [0.15, 0.2) is 18.2 Å². The van der Waals surface area contributed by atoms with E-state index in [2.05, 4.69) is 23.1 Å². The molecule has 0 N–H and O–H groups in total. The second kappa shape index (κ2) is 9.08. The molecule has 0 spiro atoms. The van der Waals surface area contributed by atoms with Crippen molar-refractivity contribution in [2.24, 2.45) is 0 Å². The summed E-state index contributed by atoms with van der Waals surface area (Å²) in [4.78, 5) is 2.66. The predicted octanol–water partition coefficient (Wildman–Crippen LogP) is 6.20. The van der Waals surface area contributed by atoms with E-state index in [1.165, 1.54) is 101 Å². The quantitative estimate of drug-likeness (QED) is 0.620. The summed E-state index contributed by atoms with van der Waals surface area (Å²) in [5.74, 6) is 0.711. The van der Waals surface area contributed by atoms with E-state index in [-0.39, 0.29) is 0 Å². The average molecular weight is 334 g/mol. The van der Waals surface area contributed by atoms with Crippen molar-refractivity contribution in [2.75, 3.05) is 19.6 Å². The van der Waals surface area contributed by atoms with Gasteiger partial charge in [0.25, 0.3) is 0 Å². The van der Waals surface area contributed by atoms with Gasteiger partial charge in [-0.05, 0) is 81.3 Å². The Morgan fingerprint density at radius 3 is 2.30 bits per heavy atom. The van der Waals surface area contributed by atoms with Crippen LogP contribution in [0, 0.1) is 0 Å². The van der Waals surface area contributed by atoms with E-state index in [1.807, 2.05) is 0 Å². The van der Waals surface area contributed by atoms with E-state index < -0.39 is 0 Å². The molecule has 128 valence electrons. The monoisotopic (exact) mass is 333 g/mol. The summed E-state index contributed by atoms with van der Waals surface area (Å²) in [5, 5.41) is 1.02. The van der Waals surface area contributed by atoms with Crippen LogP contribution in [-0.4, -0.2) is 24.5 Å². The molecule has 0 unspecified atom stereocenters. The minimum absolute atomic E-state index is 0.711. The van der Waals surface area contributed by atoms with Crippen LogP contribution in [0.25, 0.3) is 0 Å². The normalized spacial score (nSPS) is 21.3. The number of hydrogen-bond donors (Lipinski definition) is 0. The fourth-order valence-electron chi connectivity index (χ4n) is 4.34. The molecule has 1 aromatic rings. The summed E-state index contributed by atoms with van der Waals surface area (Å²) in [6.07, 6.45) is 14.9. The van der Waals surface area contributed by atoms with Crippen LogP contribution >= 0.6 is 11.6 Å². The smallest absolute Gasteiger partial charge is 0.0443 e. The zero-order valence-corrected chi connectivity index (χ0v) is 15.3. The SMILES string of the molecule is Clc1cc(CCCN2CCCCCC2)ccc1C1CCCCC1. The summed E-state index contributed by atoms with van der Waals surface area (Å²) in [6, 6.07) is 6.89. The van der Waals surface area contributed by atoms with Gasteiger partial charge in [0.1, 0.15) is 0 Å². The van der Waals surface area contributed by atoms with E-state index >= 15 is 0 Å². The highest BCUT2D eigenvalue weighted by molar-refractivity contribution is 6.31. The summed E-state index contributed by atoms with van der Waals surface area (Å²) in [7, 11) is 0. The van der Waals surface area contributed by atoms with Crippen LogP contribution in [-0.2, 0) is 6.42 Å². The molecule has 1 saturated heterocycles. The summed E-state index contributed by atoms with van der Waals surface area (Å²) >= 11 is 6.60. The first-order chi connectivity index (χ1) is 11.3. The molecule has 1 aliphatic heterocycles. The van der Waals surface area contributed by atoms with Crippen molar-refractivity contribution >= 4 is 11.6 Å². The lowest BCUT2D eigenvalue weighted by atomic mass is 9.84. The zero-order valence-electron chi connectivity index (χ0n) is 14.5. The average Bonchev–Trinajstić information content (AvgIpc) is 2.85. The number of benzene rings is 1. The Morgan fingerprint density at radius 1 is 0.913 bits per heavy atom. The zero-order chi connectivity index (χ0) is 15.9. The van der Waals surface area contributed by atoms with Gasteiger partial charge in [0.2, 0.25) is 0 Å². The van der Waals surface area contributed by atoms with Gasteiger partial charge in [-0.2, -0.15) is 0 Å². The van der Waals surface area contributed by atoms with Gasteiger partial charge in [0.15, 0.2) is 0 Å². The van der Waals surface area contributed by atoms with E-state index in [9.17, 15) is 0 Å². The van der Waals surface area contributed by atoms with E-state index in [0.29, 0.717) is 5.92 Å². The Bertz CT molecular complexity index is 471. The van der Waals surface area contributed by atoms with Crippen molar-refractivity contribution in [3.8, 4) is 0 Å². The van der Waals surface area contributed by atoms with Crippen molar-refractivity contribution in [3.05, 3.63) is 34.3 Å². The first-order valence-corrected chi connectivity index (χ1v) is 10.2. The summed E-state index contributed by atoms with van der Waals surface area (Å²) < 4.78 is 0. The van der Waals surface area contributed by atoms with Crippen molar-refractivity contribution < 1.29 is 0 Å². The minimum atomic E-state index is 0.711. The predicted molar refractivity (Wildman–Crippen MR) is 101 cm³/mol. The van der Waals surface area contributed by atoms with Crippen LogP contribution in [0.3, 0.4) is 0 Å². The largest absolute Gasteiger partial charge is 0.303 e. The maximum Gasteiger partial charge on any atom is 0.0443 e. The first-order valence-electron chi connectivity index (χ1n) is 9.83. The number of nitrogens with zero attached hydrogens (tertiary/aromatic N) is 1. The van der Waals surface area contributed by atoms with Gasteiger partial charge >= 0.3 is 0 Å². The fraction of sp³-hybridized carbons (Fsp3) is 0.714. The van der Waals surface area contributed by atoms with Crippen LogP contribution in [0.2, 0.25) is 5.02 Å². The molecule has 0 amide bonds. The molecule has 1 aliphatic carbocycles. The molecular formula is C21H32ClN. The molecule has 23 heavy (non-hydrogen) atoms. The van der Waals surface area contributed by atoms with Gasteiger partial charge in [-0.1, -0.05) is 55.8 Å². The molecule has 0 bridgehead atoms. The van der Waals surface area contributed by atoms with Crippen LogP contribution < -0.4 is 0 Å². The molecule has 0 radical (unpaired) electrons. The number of rotatable bonds is 5. The molecule has 3 rings (SSSR count). The third-order valence-electron chi connectivity index (χ3n) is 5.75. The summed E-state index contributed by atoms with van der Waals surface area (Å²) in [6.45, 7) is 3.87. The Morgan fingerprint density at radius 2 is 1.61 bits per heavy atom. The second-order valence-electron chi connectivity index (χ2n) is 7.55. The Balaban J connectivity index is 1.49.